The van der Waals surface area contributed by atoms with E-state index in [4.69, 9.17) is 0 Å². The van der Waals surface area contributed by atoms with Crippen LogP contribution in [0.3, 0.4) is 0 Å². The van der Waals surface area contributed by atoms with Gasteiger partial charge in [0.15, 0.2) is 0 Å². The van der Waals surface area contributed by atoms with Crippen molar-refractivity contribution in [3.05, 3.63) is 0 Å². The predicted molar refractivity (Wildman–Crippen MR) is 32.0 cm³/mol. The van der Waals surface area contributed by atoms with Crippen LogP contribution < -0.4 is 0 Å². The molecule has 38 valence electrons. The SMILES string of the molecule is CC(F)CSS. The van der Waals surface area contributed by atoms with E-state index in [1.54, 1.807) is 0 Å². The highest BCUT2D eigenvalue weighted by Crippen LogP contribution is 2.07. The number of rotatable bonds is 2. The lowest BCUT2D eigenvalue weighted by Gasteiger charge is -1.90. The molecule has 0 spiro atoms. The third-order valence-electron chi connectivity index (χ3n) is 0.304. The van der Waals surface area contributed by atoms with Crippen LogP contribution in [0.2, 0.25) is 0 Å². The van der Waals surface area contributed by atoms with Gasteiger partial charge in [-0.15, -0.1) is 11.7 Å². The fourth-order valence-corrected chi connectivity index (χ4v) is 0.924. The first-order chi connectivity index (χ1) is 2.77. The van der Waals surface area contributed by atoms with Crippen LogP contribution in [0.4, 0.5) is 4.39 Å². The minimum Gasteiger partial charge on any atom is -0.247 e. The van der Waals surface area contributed by atoms with Crippen LogP contribution in [0.1, 0.15) is 6.92 Å². The van der Waals surface area contributed by atoms with Crippen LogP contribution in [-0.2, 0) is 0 Å². The van der Waals surface area contributed by atoms with Gasteiger partial charge in [0, 0.05) is 5.75 Å². The summed E-state index contributed by atoms with van der Waals surface area (Å²) in [5.41, 5.74) is 0. The molecule has 0 N–H and O–H groups in total. The molecule has 0 amide bonds. The second-order valence-corrected chi connectivity index (χ2v) is 2.44. The second-order valence-electron chi connectivity index (χ2n) is 1.08. The summed E-state index contributed by atoms with van der Waals surface area (Å²) in [6, 6.07) is 0. The molecule has 1 atom stereocenters. The molecule has 0 nitrogen and oxygen atoms in total. The molecule has 0 bridgehead atoms. The average molecular weight is 126 g/mol. The fourth-order valence-electron chi connectivity index (χ4n) is 0.103. The van der Waals surface area contributed by atoms with Crippen molar-refractivity contribution in [2.24, 2.45) is 0 Å². The van der Waals surface area contributed by atoms with Gasteiger partial charge in [-0.3, -0.25) is 0 Å². The Hall–Kier alpha value is 0.630. The average Bonchev–Trinajstić information content (AvgIpc) is 1.35. The summed E-state index contributed by atoms with van der Waals surface area (Å²) in [5.74, 6) is 0.489. The predicted octanol–water partition coefficient (Wildman–Crippen LogP) is 1.92. The lowest BCUT2D eigenvalue weighted by molar-refractivity contribution is 0.398. The molecule has 0 heterocycles. The Balaban J connectivity index is 2.63. The Labute approximate surface area is 46.3 Å². The quantitative estimate of drug-likeness (QED) is 0.435. The van der Waals surface area contributed by atoms with E-state index < -0.39 is 6.17 Å². The van der Waals surface area contributed by atoms with Crippen LogP contribution in [0.15, 0.2) is 0 Å². The maximum absolute atomic E-state index is 11.6. The summed E-state index contributed by atoms with van der Waals surface area (Å²) in [5, 5.41) is 0. The highest BCUT2D eigenvalue weighted by molar-refractivity contribution is 8.68. The first-order valence-electron chi connectivity index (χ1n) is 1.68. The molecule has 0 fully saturated rings. The first-order valence-corrected chi connectivity index (χ1v) is 3.71. The van der Waals surface area contributed by atoms with E-state index in [0.29, 0.717) is 5.75 Å². The normalized spacial score (nSPS) is 14.5. The molecule has 0 saturated carbocycles. The smallest absolute Gasteiger partial charge is 0.107 e. The zero-order valence-corrected chi connectivity index (χ0v) is 5.23. The van der Waals surface area contributed by atoms with Crippen LogP contribution in [0.5, 0.6) is 0 Å². The maximum Gasteiger partial charge on any atom is 0.107 e. The van der Waals surface area contributed by atoms with Crippen molar-refractivity contribution in [1.29, 1.82) is 0 Å². The lowest BCUT2D eigenvalue weighted by atomic mass is 10.5. The van der Waals surface area contributed by atoms with Crippen molar-refractivity contribution < 1.29 is 4.39 Å². The molecule has 6 heavy (non-hydrogen) atoms. The number of halogens is 1. The van der Waals surface area contributed by atoms with Gasteiger partial charge in [-0.25, -0.2) is 4.39 Å². The molecule has 0 rings (SSSR count). The van der Waals surface area contributed by atoms with Crippen molar-refractivity contribution in [3.8, 4) is 0 Å². The van der Waals surface area contributed by atoms with Crippen LogP contribution in [0, 0.1) is 0 Å². The highest BCUT2D eigenvalue weighted by Gasteiger charge is 1.91. The molecule has 0 aliphatic rings. The Bertz CT molecular complexity index is 30.0. The first kappa shape index (κ1) is 6.63. The van der Waals surface area contributed by atoms with Gasteiger partial charge in [0.1, 0.15) is 6.17 Å². The Morgan fingerprint density at radius 3 is 2.50 bits per heavy atom. The molecule has 0 radical (unpaired) electrons. The van der Waals surface area contributed by atoms with Gasteiger partial charge in [0.05, 0.1) is 0 Å². The summed E-state index contributed by atoms with van der Waals surface area (Å²) < 4.78 is 11.6. The molecular weight excluding hydrogens is 119 g/mol. The van der Waals surface area contributed by atoms with E-state index in [-0.39, 0.29) is 0 Å². The summed E-state index contributed by atoms with van der Waals surface area (Å²) in [6.45, 7) is 1.52. The molecule has 1 unspecified atom stereocenters. The number of alkyl halides is 1. The number of hydrogen-bond donors (Lipinski definition) is 1. The molecule has 0 aliphatic carbocycles. The van der Waals surface area contributed by atoms with Crippen molar-refractivity contribution in [2.45, 2.75) is 13.1 Å². The third-order valence-corrected chi connectivity index (χ3v) is 1.36. The van der Waals surface area contributed by atoms with E-state index in [9.17, 15) is 4.39 Å². The van der Waals surface area contributed by atoms with Crippen LogP contribution in [0.25, 0.3) is 0 Å². The summed E-state index contributed by atoms with van der Waals surface area (Å²) in [7, 11) is 1.23. The Morgan fingerprint density at radius 1 is 2.00 bits per heavy atom. The zero-order valence-electron chi connectivity index (χ0n) is 3.52. The van der Waals surface area contributed by atoms with Crippen molar-refractivity contribution in [1.82, 2.24) is 0 Å². The number of hydrogen-bond acceptors (Lipinski definition) is 2. The van der Waals surface area contributed by atoms with Gasteiger partial charge < -0.3 is 0 Å². The summed E-state index contributed by atoms with van der Waals surface area (Å²) in [6.07, 6.45) is -0.715. The summed E-state index contributed by atoms with van der Waals surface area (Å²) >= 11 is 3.74. The molecule has 0 aromatic rings. The van der Waals surface area contributed by atoms with Crippen molar-refractivity contribution >= 4 is 22.5 Å². The van der Waals surface area contributed by atoms with Crippen molar-refractivity contribution in [2.75, 3.05) is 5.75 Å². The maximum atomic E-state index is 11.6. The van der Waals surface area contributed by atoms with Gasteiger partial charge in [0.2, 0.25) is 0 Å². The van der Waals surface area contributed by atoms with E-state index in [2.05, 4.69) is 11.7 Å². The fraction of sp³-hybridized carbons (Fsp3) is 1.00. The summed E-state index contributed by atoms with van der Waals surface area (Å²) in [4.78, 5) is 0. The zero-order chi connectivity index (χ0) is 4.99. The largest absolute Gasteiger partial charge is 0.247 e. The Morgan fingerprint density at radius 2 is 2.50 bits per heavy atom. The third kappa shape index (κ3) is 4.63. The van der Waals surface area contributed by atoms with Crippen molar-refractivity contribution in [3.63, 3.8) is 0 Å². The van der Waals surface area contributed by atoms with E-state index in [0.717, 1.165) is 0 Å². The second kappa shape index (κ2) is 3.81. The molecule has 0 aliphatic heterocycles. The lowest BCUT2D eigenvalue weighted by Crippen LogP contribution is -1.92. The van der Waals surface area contributed by atoms with Gasteiger partial charge in [-0.05, 0) is 6.92 Å². The molecule has 0 aromatic heterocycles. The minimum absolute atomic E-state index is 0.489. The number of thiol groups is 1. The topological polar surface area (TPSA) is 0 Å². The Kier molecular flexibility index (Phi) is 4.21. The minimum atomic E-state index is -0.715. The van der Waals surface area contributed by atoms with Crippen LogP contribution >= 0.6 is 22.5 Å². The van der Waals surface area contributed by atoms with Crippen LogP contribution in [-0.4, -0.2) is 11.9 Å². The van der Waals surface area contributed by atoms with E-state index in [1.165, 1.54) is 17.7 Å². The molecule has 0 saturated heterocycles. The van der Waals surface area contributed by atoms with E-state index in [1.807, 2.05) is 0 Å². The monoisotopic (exact) mass is 126 g/mol. The molecular formula is C3H7FS2. The molecule has 0 aromatic carbocycles. The van der Waals surface area contributed by atoms with Gasteiger partial charge in [-0.2, -0.15) is 0 Å². The van der Waals surface area contributed by atoms with Gasteiger partial charge in [0.25, 0.3) is 0 Å². The highest BCUT2D eigenvalue weighted by atomic mass is 33.1. The van der Waals surface area contributed by atoms with E-state index >= 15 is 0 Å². The standard InChI is InChI=1S/C3H7FS2/c1-3(4)2-6-5/h3,5H,2H2,1H3. The molecule has 3 heteroatoms. The van der Waals surface area contributed by atoms with Gasteiger partial charge >= 0.3 is 0 Å². The van der Waals surface area contributed by atoms with Gasteiger partial charge in [-0.1, -0.05) is 10.8 Å².